The second kappa shape index (κ2) is 5.02. The highest BCUT2D eigenvalue weighted by Crippen LogP contribution is 2.13. The molecule has 0 radical (unpaired) electrons. The number of carbonyl (C=O) groups is 1. The molecule has 0 spiro atoms. The summed E-state index contributed by atoms with van der Waals surface area (Å²) in [5, 5.41) is 18.9. The molecule has 0 atom stereocenters. The molecule has 0 amide bonds. The van der Waals surface area contributed by atoms with Crippen molar-refractivity contribution >= 4 is 12.0 Å². The maximum Gasteiger partial charge on any atom is 0.351 e. The zero-order chi connectivity index (χ0) is 11.3. The summed E-state index contributed by atoms with van der Waals surface area (Å²) >= 11 is 0. The second-order valence-electron chi connectivity index (χ2n) is 2.74. The van der Waals surface area contributed by atoms with E-state index in [9.17, 15) is 10.0 Å². The standard InChI is InChI=1S/C10H10NO4/c1-15-8-4-2-7(3-5-8)6-9(11-14)10(12)13/h2-6,11H,1H3,(H,12,13)/q-1/b9-6-. The molecule has 2 N–H and O–H groups in total. The van der Waals surface area contributed by atoms with Crippen LogP contribution < -0.4 is 10.2 Å². The average molecular weight is 208 g/mol. The Bertz CT molecular complexity index is 370. The number of ether oxygens (including phenoxy) is 1. The highest BCUT2D eigenvalue weighted by molar-refractivity contribution is 5.91. The van der Waals surface area contributed by atoms with E-state index >= 15 is 0 Å². The normalized spacial score (nSPS) is 10.9. The SMILES string of the molecule is COc1ccc(/C=C(\N[O-])C(=O)O)cc1. The van der Waals surface area contributed by atoms with Gasteiger partial charge in [0.25, 0.3) is 0 Å². The Kier molecular flexibility index (Phi) is 3.70. The molecule has 5 nitrogen and oxygen atoms in total. The van der Waals surface area contributed by atoms with Crippen LogP contribution in [0.1, 0.15) is 5.56 Å². The highest BCUT2D eigenvalue weighted by Gasteiger charge is 2.01. The van der Waals surface area contributed by atoms with Crippen LogP contribution in [-0.4, -0.2) is 18.2 Å². The van der Waals surface area contributed by atoms with Crippen LogP contribution in [0.25, 0.3) is 6.08 Å². The lowest BCUT2D eigenvalue weighted by Gasteiger charge is -2.09. The number of aliphatic carboxylic acids is 1. The fourth-order valence-corrected chi connectivity index (χ4v) is 1.00. The Balaban J connectivity index is 2.92. The molecule has 1 rings (SSSR count). The molecule has 0 aliphatic carbocycles. The number of benzene rings is 1. The Labute approximate surface area is 86.6 Å². The van der Waals surface area contributed by atoms with Crippen LogP contribution in [0, 0.1) is 5.21 Å². The fourth-order valence-electron chi connectivity index (χ4n) is 1.00. The van der Waals surface area contributed by atoms with Gasteiger partial charge in [-0.15, -0.1) is 0 Å². The van der Waals surface area contributed by atoms with E-state index in [1.165, 1.54) is 18.7 Å². The van der Waals surface area contributed by atoms with Crippen molar-refractivity contribution in [1.29, 1.82) is 0 Å². The topological polar surface area (TPSA) is 81.6 Å². The zero-order valence-corrected chi connectivity index (χ0v) is 8.06. The fraction of sp³-hybridized carbons (Fsp3) is 0.100. The molecule has 5 heteroatoms. The van der Waals surface area contributed by atoms with Crippen molar-refractivity contribution in [2.45, 2.75) is 0 Å². The van der Waals surface area contributed by atoms with E-state index in [1.807, 2.05) is 0 Å². The molecule has 0 aliphatic heterocycles. The van der Waals surface area contributed by atoms with Gasteiger partial charge < -0.3 is 20.5 Å². The minimum Gasteiger partial charge on any atom is -0.761 e. The molecule has 0 saturated carbocycles. The summed E-state index contributed by atoms with van der Waals surface area (Å²) < 4.78 is 4.93. The lowest BCUT2D eigenvalue weighted by atomic mass is 10.2. The van der Waals surface area contributed by atoms with Crippen LogP contribution in [0.5, 0.6) is 5.75 Å². The first-order valence-electron chi connectivity index (χ1n) is 4.14. The largest absolute Gasteiger partial charge is 0.761 e. The van der Waals surface area contributed by atoms with E-state index in [1.54, 1.807) is 24.3 Å². The number of hydroxylamine groups is 1. The second-order valence-corrected chi connectivity index (χ2v) is 2.74. The van der Waals surface area contributed by atoms with Crippen molar-refractivity contribution in [2.75, 3.05) is 7.11 Å². The molecule has 0 heterocycles. The number of carboxylic acid groups (broad SMARTS) is 1. The first-order chi connectivity index (χ1) is 7.17. The molecule has 0 aromatic heterocycles. The molecular formula is C10H10NO4-. The van der Waals surface area contributed by atoms with Gasteiger partial charge in [-0.1, -0.05) is 12.1 Å². The average Bonchev–Trinajstić information content (AvgIpc) is 2.26. The minimum absolute atomic E-state index is 0.403. The van der Waals surface area contributed by atoms with Gasteiger partial charge in [-0.25, -0.2) is 4.79 Å². The molecule has 1 aromatic rings. The van der Waals surface area contributed by atoms with Crippen LogP contribution in [-0.2, 0) is 4.79 Å². The summed E-state index contributed by atoms with van der Waals surface area (Å²) in [7, 11) is 1.53. The van der Waals surface area contributed by atoms with Crippen molar-refractivity contribution < 1.29 is 14.6 Å². The van der Waals surface area contributed by atoms with Crippen LogP contribution in [0.4, 0.5) is 0 Å². The van der Waals surface area contributed by atoms with E-state index in [-0.39, 0.29) is 0 Å². The lowest BCUT2D eigenvalue weighted by molar-refractivity contribution is -0.132. The number of carboxylic acids is 1. The van der Waals surface area contributed by atoms with Gasteiger partial charge in [0, 0.05) is 0 Å². The van der Waals surface area contributed by atoms with Gasteiger partial charge in [0.2, 0.25) is 0 Å². The molecule has 0 aliphatic rings. The molecule has 0 fully saturated rings. The predicted octanol–water partition coefficient (Wildman–Crippen LogP) is 1.21. The maximum atomic E-state index is 10.5. The summed E-state index contributed by atoms with van der Waals surface area (Å²) in [4.78, 5) is 10.5. The van der Waals surface area contributed by atoms with Gasteiger partial charge in [0.1, 0.15) is 11.4 Å². The van der Waals surface area contributed by atoms with Crippen LogP contribution in [0.15, 0.2) is 30.0 Å². The van der Waals surface area contributed by atoms with Crippen molar-refractivity contribution in [2.24, 2.45) is 0 Å². The predicted molar refractivity (Wildman–Crippen MR) is 55.1 cm³/mol. The first kappa shape index (κ1) is 11.1. The number of hydrogen-bond acceptors (Lipinski definition) is 4. The summed E-state index contributed by atoms with van der Waals surface area (Å²) in [6, 6.07) is 6.66. The van der Waals surface area contributed by atoms with Crippen molar-refractivity contribution in [3.05, 3.63) is 40.7 Å². The third-order valence-corrected chi connectivity index (χ3v) is 1.77. The monoisotopic (exact) mass is 208 g/mol. The van der Waals surface area contributed by atoms with Gasteiger partial charge in [0.15, 0.2) is 0 Å². The molecule has 0 saturated heterocycles. The summed E-state index contributed by atoms with van der Waals surface area (Å²) in [5.74, 6) is -0.625. The van der Waals surface area contributed by atoms with Crippen molar-refractivity contribution in [3.8, 4) is 5.75 Å². The number of rotatable bonds is 4. The summed E-state index contributed by atoms with van der Waals surface area (Å²) in [5.41, 5.74) is 1.56. The van der Waals surface area contributed by atoms with E-state index < -0.39 is 11.7 Å². The third-order valence-electron chi connectivity index (χ3n) is 1.77. The quantitative estimate of drug-likeness (QED) is 0.574. The van der Waals surface area contributed by atoms with Gasteiger partial charge in [-0.2, -0.15) is 0 Å². The number of hydrogen-bond donors (Lipinski definition) is 2. The lowest BCUT2D eigenvalue weighted by Crippen LogP contribution is -2.13. The summed E-state index contributed by atoms with van der Waals surface area (Å²) in [6.07, 6.45) is 1.24. The maximum absolute atomic E-state index is 10.5. The van der Waals surface area contributed by atoms with Gasteiger partial charge >= 0.3 is 5.97 Å². The van der Waals surface area contributed by atoms with E-state index in [0.29, 0.717) is 11.3 Å². The Morgan fingerprint density at radius 2 is 2.07 bits per heavy atom. The Hall–Kier alpha value is -2.01. The third kappa shape index (κ3) is 2.99. The van der Waals surface area contributed by atoms with Crippen LogP contribution in [0.3, 0.4) is 0 Å². The van der Waals surface area contributed by atoms with Crippen molar-refractivity contribution in [3.63, 3.8) is 0 Å². The zero-order valence-electron chi connectivity index (χ0n) is 8.06. The molecule has 80 valence electrons. The first-order valence-corrected chi connectivity index (χ1v) is 4.14. The van der Waals surface area contributed by atoms with Crippen LogP contribution >= 0.6 is 0 Å². The molecule has 15 heavy (non-hydrogen) atoms. The van der Waals surface area contributed by atoms with E-state index in [4.69, 9.17) is 9.84 Å². The van der Waals surface area contributed by atoms with E-state index in [0.717, 1.165) is 0 Å². The number of nitrogens with one attached hydrogen (secondary N) is 1. The van der Waals surface area contributed by atoms with Crippen molar-refractivity contribution in [1.82, 2.24) is 5.48 Å². The summed E-state index contributed by atoms with van der Waals surface area (Å²) in [6.45, 7) is 0. The number of methoxy groups -OCH3 is 1. The van der Waals surface area contributed by atoms with Crippen LogP contribution in [0.2, 0.25) is 0 Å². The van der Waals surface area contributed by atoms with Gasteiger partial charge in [0.05, 0.1) is 7.11 Å². The highest BCUT2D eigenvalue weighted by atomic mass is 16.5. The molecule has 0 bridgehead atoms. The molecular weight excluding hydrogens is 198 g/mol. The smallest absolute Gasteiger partial charge is 0.351 e. The van der Waals surface area contributed by atoms with Gasteiger partial charge in [-0.05, 0) is 23.8 Å². The Morgan fingerprint density at radius 1 is 1.47 bits per heavy atom. The molecule has 1 aromatic carbocycles. The molecule has 0 unspecified atom stereocenters. The Morgan fingerprint density at radius 3 is 2.47 bits per heavy atom. The van der Waals surface area contributed by atoms with E-state index in [2.05, 4.69) is 0 Å². The minimum atomic E-state index is -1.29. The van der Waals surface area contributed by atoms with Gasteiger partial charge in [-0.3, -0.25) is 0 Å².